The van der Waals surface area contributed by atoms with E-state index in [0.717, 1.165) is 37.7 Å². The van der Waals surface area contributed by atoms with Crippen LogP contribution in [0.3, 0.4) is 0 Å². The number of rotatable bonds is 5. The minimum absolute atomic E-state index is 0.00318. The number of hydrogen-bond acceptors (Lipinski definition) is 4. The number of carbonyl (C=O) groups is 3. The van der Waals surface area contributed by atoms with Gasteiger partial charge in [-0.25, -0.2) is 0 Å². The molecule has 2 aliphatic heterocycles. The van der Waals surface area contributed by atoms with Gasteiger partial charge >= 0.3 is 0 Å². The maximum absolute atomic E-state index is 13.4. The maximum Gasteiger partial charge on any atom is 0.245 e. The summed E-state index contributed by atoms with van der Waals surface area (Å²) in [6, 6.07) is 9.75. The second-order valence-corrected chi connectivity index (χ2v) is 9.35. The predicted octanol–water partition coefficient (Wildman–Crippen LogP) is 2.59. The normalized spacial score (nSPS) is 25.2. The molecule has 3 fully saturated rings. The molecule has 7 heteroatoms. The minimum Gasteiger partial charge on any atom is -0.370 e. The fraction of sp³-hybridized carbons (Fsp3) is 0.640. The lowest BCUT2D eigenvalue weighted by molar-refractivity contribution is -0.146. The lowest BCUT2D eigenvalue weighted by atomic mass is 9.94. The Morgan fingerprint density at radius 2 is 1.75 bits per heavy atom. The summed E-state index contributed by atoms with van der Waals surface area (Å²) in [4.78, 5) is 44.0. The highest BCUT2D eigenvalue weighted by molar-refractivity contribution is 5.91. The van der Waals surface area contributed by atoms with E-state index in [0.29, 0.717) is 32.7 Å². The first-order valence-electron chi connectivity index (χ1n) is 12.0. The van der Waals surface area contributed by atoms with E-state index in [1.165, 1.54) is 13.3 Å². The van der Waals surface area contributed by atoms with E-state index in [1.807, 2.05) is 35.2 Å². The molecule has 0 spiro atoms. The van der Waals surface area contributed by atoms with Gasteiger partial charge in [0.05, 0.1) is 19.3 Å². The smallest absolute Gasteiger partial charge is 0.245 e. The average molecular weight is 442 g/mol. The molecule has 2 saturated heterocycles. The van der Waals surface area contributed by atoms with Gasteiger partial charge < -0.3 is 19.4 Å². The Bertz CT molecular complexity index is 809. The van der Waals surface area contributed by atoms with E-state index in [4.69, 9.17) is 4.74 Å². The van der Waals surface area contributed by atoms with Crippen molar-refractivity contribution in [2.24, 2.45) is 0 Å². The lowest BCUT2D eigenvalue weighted by Crippen LogP contribution is -2.50. The van der Waals surface area contributed by atoms with Gasteiger partial charge in [-0.1, -0.05) is 49.6 Å². The van der Waals surface area contributed by atoms with E-state index < -0.39 is 6.04 Å². The minimum atomic E-state index is -0.462. The molecule has 3 amide bonds. The summed E-state index contributed by atoms with van der Waals surface area (Å²) in [5.74, 6) is -0.198. The van der Waals surface area contributed by atoms with E-state index in [-0.39, 0.29) is 36.4 Å². The maximum atomic E-state index is 13.4. The Morgan fingerprint density at radius 3 is 2.47 bits per heavy atom. The molecule has 3 aliphatic rings. The third-order valence-electron chi connectivity index (χ3n) is 7.07. The van der Waals surface area contributed by atoms with Gasteiger partial charge in [-0.05, 0) is 31.2 Å². The SMILES string of the molecule is CC(=O)N1CCC[C@H]1C(=O)N1CC(=O)N(C2CCCCC2)C[C@@H](OCc2ccccc2)C1. The van der Waals surface area contributed by atoms with E-state index in [2.05, 4.69) is 0 Å². The van der Waals surface area contributed by atoms with Crippen molar-refractivity contribution >= 4 is 17.7 Å². The van der Waals surface area contributed by atoms with Gasteiger partial charge in [-0.2, -0.15) is 0 Å². The molecule has 0 radical (unpaired) electrons. The van der Waals surface area contributed by atoms with Crippen LogP contribution in [0.1, 0.15) is 57.4 Å². The number of hydrogen-bond donors (Lipinski definition) is 0. The van der Waals surface area contributed by atoms with Crippen LogP contribution in [-0.4, -0.2) is 76.8 Å². The fourth-order valence-corrected chi connectivity index (χ4v) is 5.36. The number of likely N-dealkylation sites (tertiary alicyclic amines) is 1. The van der Waals surface area contributed by atoms with Crippen LogP contribution >= 0.6 is 0 Å². The predicted molar refractivity (Wildman–Crippen MR) is 121 cm³/mol. The molecule has 174 valence electrons. The van der Waals surface area contributed by atoms with Crippen molar-refractivity contribution in [3.63, 3.8) is 0 Å². The molecule has 0 N–H and O–H groups in total. The quantitative estimate of drug-likeness (QED) is 0.704. The molecule has 0 bridgehead atoms. The first-order chi connectivity index (χ1) is 15.5. The lowest BCUT2D eigenvalue weighted by Gasteiger charge is -2.34. The molecular formula is C25H35N3O4. The molecule has 0 aromatic heterocycles. The van der Waals surface area contributed by atoms with Crippen molar-refractivity contribution in [2.75, 3.05) is 26.2 Å². The highest BCUT2D eigenvalue weighted by Crippen LogP contribution is 2.26. The van der Waals surface area contributed by atoms with Crippen molar-refractivity contribution < 1.29 is 19.1 Å². The second-order valence-electron chi connectivity index (χ2n) is 9.35. The first-order valence-corrected chi connectivity index (χ1v) is 12.0. The van der Waals surface area contributed by atoms with Crippen LogP contribution in [0.2, 0.25) is 0 Å². The van der Waals surface area contributed by atoms with Crippen LogP contribution in [-0.2, 0) is 25.7 Å². The standard InChI is InChI=1S/C25H35N3O4/c1-19(29)27-14-8-13-23(27)25(31)26-15-22(32-18-20-9-4-2-5-10-20)16-28(24(30)17-26)21-11-6-3-7-12-21/h2,4-5,9-10,21-23H,3,6-8,11-18H2,1H3/t22-,23-/m0/s1. The summed E-state index contributed by atoms with van der Waals surface area (Å²) < 4.78 is 6.27. The van der Waals surface area contributed by atoms with Crippen LogP contribution in [0, 0.1) is 0 Å². The third kappa shape index (κ3) is 5.31. The summed E-state index contributed by atoms with van der Waals surface area (Å²) in [5.41, 5.74) is 1.07. The summed E-state index contributed by atoms with van der Waals surface area (Å²) in [5, 5.41) is 0. The number of amides is 3. The largest absolute Gasteiger partial charge is 0.370 e. The fourth-order valence-electron chi connectivity index (χ4n) is 5.36. The van der Waals surface area contributed by atoms with Crippen LogP contribution in [0.25, 0.3) is 0 Å². The number of nitrogens with zero attached hydrogens (tertiary/aromatic N) is 3. The zero-order chi connectivity index (χ0) is 22.5. The molecule has 1 aliphatic carbocycles. The van der Waals surface area contributed by atoms with Crippen molar-refractivity contribution in [3.05, 3.63) is 35.9 Å². The van der Waals surface area contributed by atoms with Crippen LogP contribution in [0.5, 0.6) is 0 Å². The van der Waals surface area contributed by atoms with Gasteiger partial charge in [-0.15, -0.1) is 0 Å². The van der Waals surface area contributed by atoms with E-state index in [9.17, 15) is 14.4 Å². The second kappa shape index (κ2) is 10.5. The zero-order valence-corrected chi connectivity index (χ0v) is 19.1. The molecule has 4 rings (SSSR count). The Balaban J connectivity index is 1.51. The van der Waals surface area contributed by atoms with Crippen LogP contribution in [0.15, 0.2) is 30.3 Å². The van der Waals surface area contributed by atoms with Crippen molar-refractivity contribution in [2.45, 2.75) is 76.7 Å². The molecule has 2 heterocycles. The van der Waals surface area contributed by atoms with E-state index in [1.54, 1.807) is 9.80 Å². The van der Waals surface area contributed by atoms with Crippen molar-refractivity contribution in [1.29, 1.82) is 0 Å². The molecule has 2 atom stereocenters. The Hall–Kier alpha value is -2.41. The molecule has 32 heavy (non-hydrogen) atoms. The summed E-state index contributed by atoms with van der Waals surface area (Å²) >= 11 is 0. The molecule has 1 aromatic rings. The van der Waals surface area contributed by atoms with Gasteiger partial charge in [0, 0.05) is 32.6 Å². The Labute approximate surface area is 190 Å². The molecule has 7 nitrogen and oxygen atoms in total. The van der Waals surface area contributed by atoms with Crippen LogP contribution < -0.4 is 0 Å². The van der Waals surface area contributed by atoms with Gasteiger partial charge in [-0.3, -0.25) is 14.4 Å². The highest BCUT2D eigenvalue weighted by Gasteiger charge is 2.40. The summed E-state index contributed by atoms with van der Waals surface area (Å²) in [7, 11) is 0. The van der Waals surface area contributed by atoms with Gasteiger partial charge in [0.1, 0.15) is 6.04 Å². The molecular weight excluding hydrogens is 406 g/mol. The Morgan fingerprint density at radius 1 is 1.00 bits per heavy atom. The van der Waals surface area contributed by atoms with Gasteiger partial charge in [0.2, 0.25) is 17.7 Å². The zero-order valence-electron chi connectivity index (χ0n) is 19.1. The monoisotopic (exact) mass is 441 g/mol. The van der Waals surface area contributed by atoms with Crippen molar-refractivity contribution in [3.8, 4) is 0 Å². The summed E-state index contributed by atoms with van der Waals surface area (Å²) in [6.07, 6.45) is 6.77. The van der Waals surface area contributed by atoms with Gasteiger partial charge in [0.25, 0.3) is 0 Å². The summed E-state index contributed by atoms with van der Waals surface area (Å²) in [6.45, 7) is 3.53. The molecule has 1 aromatic carbocycles. The van der Waals surface area contributed by atoms with E-state index >= 15 is 0 Å². The van der Waals surface area contributed by atoms with Crippen molar-refractivity contribution in [1.82, 2.24) is 14.7 Å². The average Bonchev–Trinajstić information content (AvgIpc) is 3.24. The van der Waals surface area contributed by atoms with Crippen LogP contribution in [0.4, 0.5) is 0 Å². The number of ether oxygens (including phenoxy) is 1. The van der Waals surface area contributed by atoms with Gasteiger partial charge in [0.15, 0.2) is 0 Å². The first kappa shape index (κ1) is 22.8. The highest BCUT2D eigenvalue weighted by atomic mass is 16.5. The molecule has 1 saturated carbocycles. The number of carbonyl (C=O) groups excluding carboxylic acids is 3. The number of benzene rings is 1. The Kier molecular flexibility index (Phi) is 7.45. The third-order valence-corrected chi connectivity index (χ3v) is 7.07. The molecule has 0 unspecified atom stereocenters. The topological polar surface area (TPSA) is 70.2 Å².